The first kappa shape index (κ1) is 16.8. The first-order valence-corrected chi connectivity index (χ1v) is 8.36. The summed E-state index contributed by atoms with van der Waals surface area (Å²) in [6.07, 6.45) is 6.33. The molecule has 0 aromatic heterocycles. The summed E-state index contributed by atoms with van der Waals surface area (Å²) in [5, 5.41) is 0.179. The van der Waals surface area contributed by atoms with Gasteiger partial charge in [-0.25, -0.2) is 4.39 Å². The Bertz CT molecular complexity index is 490. The molecule has 0 radical (unpaired) electrons. The van der Waals surface area contributed by atoms with Gasteiger partial charge >= 0.3 is 0 Å². The van der Waals surface area contributed by atoms with Gasteiger partial charge in [0, 0.05) is 5.54 Å². The van der Waals surface area contributed by atoms with Gasteiger partial charge in [0.05, 0.1) is 5.02 Å². The van der Waals surface area contributed by atoms with Crippen molar-refractivity contribution in [2.75, 3.05) is 0 Å². The zero-order valence-corrected chi connectivity index (χ0v) is 14.1. The highest BCUT2D eigenvalue weighted by molar-refractivity contribution is 6.30. The van der Waals surface area contributed by atoms with Gasteiger partial charge in [0.1, 0.15) is 5.82 Å². The molecule has 118 valence electrons. The maximum absolute atomic E-state index is 13.5. The van der Waals surface area contributed by atoms with Crippen LogP contribution in [0.25, 0.3) is 0 Å². The highest BCUT2D eigenvalue weighted by Crippen LogP contribution is 2.43. The largest absolute Gasteiger partial charge is 0.325 e. The van der Waals surface area contributed by atoms with E-state index >= 15 is 0 Å². The van der Waals surface area contributed by atoms with Gasteiger partial charge < -0.3 is 5.73 Å². The molecule has 0 atom stereocenters. The van der Waals surface area contributed by atoms with E-state index in [4.69, 9.17) is 17.3 Å². The molecule has 3 heteroatoms. The molecule has 0 unspecified atom stereocenters. The second-order valence-electron chi connectivity index (χ2n) is 7.40. The smallest absolute Gasteiger partial charge is 0.142 e. The van der Waals surface area contributed by atoms with Crippen LogP contribution in [0.2, 0.25) is 5.02 Å². The second kappa shape index (κ2) is 6.26. The fraction of sp³-hybridized carbons (Fsp3) is 0.667. The summed E-state index contributed by atoms with van der Waals surface area (Å²) in [5.41, 5.74) is 7.72. The molecule has 1 aromatic carbocycles. The van der Waals surface area contributed by atoms with Gasteiger partial charge in [-0.1, -0.05) is 44.9 Å². The standard InChI is InChI=1S/C18H27ClFN/c1-4-17(2,3)14-7-9-18(21,10-8-14)12-13-5-6-15(19)16(20)11-13/h5-6,11,14H,4,7-10,12,21H2,1-3H3. The van der Waals surface area contributed by atoms with Crippen LogP contribution < -0.4 is 5.73 Å². The zero-order valence-electron chi connectivity index (χ0n) is 13.4. The lowest BCUT2D eigenvalue weighted by Crippen LogP contribution is -2.47. The molecule has 2 rings (SSSR count). The molecular weight excluding hydrogens is 285 g/mol. The van der Waals surface area contributed by atoms with E-state index in [0.717, 1.165) is 30.7 Å². The van der Waals surface area contributed by atoms with Crippen LogP contribution in [0, 0.1) is 17.2 Å². The van der Waals surface area contributed by atoms with Crippen molar-refractivity contribution in [2.45, 2.75) is 64.8 Å². The summed E-state index contributed by atoms with van der Waals surface area (Å²) >= 11 is 5.74. The Kier molecular flexibility index (Phi) is 4.99. The fourth-order valence-corrected chi connectivity index (χ4v) is 3.61. The highest BCUT2D eigenvalue weighted by atomic mass is 35.5. The van der Waals surface area contributed by atoms with E-state index in [-0.39, 0.29) is 16.4 Å². The average Bonchev–Trinajstić information content (AvgIpc) is 2.43. The molecule has 0 amide bonds. The molecule has 0 aliphatic heterocycles. The molecule has 1 nitrogen and oxygen atoms in total. The lowest BCUT2D eigenvalue weighted by molar-refractivity contribution is 0.115. The van der Waals surface area contributed by atoms with Crippen LogP contribution >= 0.6 is 11.6 Å². The van der Waals surface area contributed by atoms with Gasteiger partial charge in [-0.2, -0.15) is 0 Å². The summed E-state index contributed by atoms with van der Waals surface area (Å²) in [7, 11) is 0. The molecule has 1 aromatic rings. The number of nitrogens with two attached hydrogens (primary N) is 1. The lowest BCUT2D eigenvalue weighted by Gasteiger charge is -2.43. The Labute approximate surface area is 133 Å². The van der Waals surface area contributed by atoms with E-state index < -0.39 is 0 Å². The second-order valence-corrected chi connectivity index (χ2v) is 7.81. The molecule has 0 spiro atoms. The summed E-state index contributed by atoms with van der Waals surface area (Å²) in [6, 6.07) is 5.04. The van der Waals surface area contributed by atoms with Crippen molar-refractivity contribution in [3.05, 3.63) is 34.6 Å². The highest BCUT2D eigenvalue weighted by Gasteiger charge is 2.37. The van der Waals surface area contributed by atoms with E-state index in [1.165, 1.54) is 25.3 Å². The van der Waals surface area contributed by atoms with E-state index in [9.17, 15) is 4.39 Å². The molecule has 0 saturated heterocycles. The van der Waals surface area contributed by atoms with Crippen LogP contribution in [-0.2, 0) is 6.42 Å². The van der Waals surface area contributed by atoms with Gasteiger partial charge in [0.25, 0.3) is 0 Å². The maximum atomic E-state index is 13.5. The van der Waals surface area contributed by atoms with Crippen LogP contribution in [0.15, 0.2) is 18.2 Å². The number of hydrogen-bond donors (Lipinski definition) is 1. The maximum Gasteiger partial charge on any atom is 0.142 e. The SMILES string of the molecule is CCC(C)(C)C1CCC(N)(Cc2ccc(Cl)c(F)c2)CC1. The predicted molar refractivity (Wildman–Crippen MR) is 88.1 cm³/mol. The topological polar surface area (TPSA) is 26.0 Å². The van der Waals surface area contributed by atoms with Gasteiger partial charge in [0.15, 0.2) is 0 Å². The Morgan fingerprint density at radius 2 is 1.95 bits per heavy atom. The Hall–Kier alpha value is -0.600. The van der Waals surface area contributed by atoms with Gasteiger partial charge in [-0.15, -0.1) is 0 Å². The Balaban J connectivity index is 2.00. The van der Waals surface area contributed by atoms with E-state index in [0.29, 0.717) is 5.41 Å². The van der Waals surface area contributed by atoms with Crippen molar-refractivity contribution in [1.82, 2.24) is 0 Å². The first-order chi connectivity index (χ1) is 9.76. The third-order valence-electron chi connectivity index (χ3n) is 5.54. The van der Waals surface area contributed by atoms with Crippen molar-refractivity contribution in [1.29, 1.82) is 0 Å². The van der Waals surface area contributed by atoms with Crippen LogP contribution in [0.1, 0.15) is 58.4 Å². The molecule has 1 aliphatic rings. The normalized spacial score (nSPS) is 26.9. The molecule has 21 heavy (non-hydrogen) atoms. The van der Waals surface area contributed by atoms with Crippen molar-refractivity contribution in [3.63, 3.8) is 0 Å². The minimum absolute atomic E-state index is 0.179. The quantitative estimate of drug-likeness (QED) is 0.797. The molecular formula is C18H27ClFN. The third kappa shape index (κ3) is 3.98. The van der Waals surface area contributed by atoms with Gasteiger partial charge in [-0.05, 0) is 61.1 Å². The molecule has 2 N–H and O–H groups in total. The number of rotatable bonds is 4. The summed E-state index contributed by atoms with van der Waals surface area (Å²) in [6.45, 7) is 6.98. The summed E-state index contributed by atoms with van der Waals surface area (Å²) < 4.78 is 13.5. The Morgan fingerprint density at radius 3 is 2.48 bits per heavy atom. The van der Waals surface area contributed by atoms with E-state index in [1.807, 2.05) is 6.07 Å². The molecule has 1 saturated carbocycles. The molecule has 0 bridgehead atoms. The number of halogens is 2. The minimum Gasteiger partial charge on any atom is -0.325 e. The molecule has 1 fully saturated rings. The summed E-state index contributed by atoms with van der Waals surface area (Å²) in [5.74, 6) is 0.402. The van der Waals surface area contributed by atoms with Gasteiger partial charge in [0.2, 0.25) is 0 Å². The first-order valence-electron chi connectivity index (χ1n) is 7.98. The van der Waals surface area contributed by atoms with Crippen LogP contribution in [-0.4, -0.2) is 5.54 Å². The Morgan fingerprint density at radius 1 is 1.33 bits per heavy atom. The van der Waals surface area contributed by atoms with E-state index in [2.05, 4.69) is 20.8 Å². The fourth-order valence-electron chi connectivity index (χ4n) is 3.50. The van der Waals surface area contributed by atoms with Crippen LogP contribution in [0.5, 0.6) is 0 Å². The minimum atomic E-state index is -0.349. The van der Waals surface area contributed by atoms with Crippen molar-refractivity contribution in [2.24, 2.45) is 17.1 Å². The predicted octanol–water partition coefficient (Wildman–Crippen LogP) is 5.35. The van der Waals surface area contributed by atoms with E-state index in [1.54, 1.807) is 6.07 Å². The van der Waals surface area contributed by atoms with Crippen LogP contribution in [0.3, 0.4) is 0 Å². The number of benzene rings is 1. The summed E-state index contributed by atoms with van der Waals surface area (Å²) in [4.78, 5) is 0. The van der Waals surface area contributed by atoms with Crippen molar-refractivity contribution >= 4 is 11.6 Å². The van der Waals surface area contributed by atoms with Crippen molar-refractivity contribution < 1.29 is 4.39 Å². The number of hydrogen-bond acceptors (Lipinski definition) is 1. The average molecular weight is 312 g/mol. The molecule has 0 heterocycles. The van der Waals surface area contributed by atoms with Crippen LogP contribution in [0.4, 0.5) is 4.39 Å². The third-order valence-corrected chi connectivity index (χ3v) is 5.84. The van der Waals surface area contributed by atoms with Gasteiger partial charge in [-0.3, -0.25) is 0 Å². The monoisotopic (exact) mass is 311 g/mol. The van der Waals surface area contributed by atoms with Crippen molar-refractivity contribution in [3.8, 4) is 0 Å². The molecule has 1 aliphatic carbocycles. The lowest BCUT2D eigenvalue weighted by atomic mass is 9.65. The zero-order chi connectivity index (χ0) is 15.7.